The highest BCUT2D eigenvalue weighted by atomic mass is 28.4. The molecule has 0 aliphatic rings. The van der Waals surface area contributed by atoms with Crippen LogP contribution in [-0.2, 0) is 8.85 Å². The molecule has 1 rings (SSSR count). The Bertz CT molecular complexity index is 401. The van der Waals surface area contributed by atoms with Crippen molar-refractivity contribution < 1.29 is 8.85 Å². The normalized spacial score (nSPS) is 11.8. The highest BCUT2D eigenvalue weighted by molar-refractivity contribution is 6.81. The van der Waals surface area contributed by atoms with E-state index in [9.17, 15) is 0 Å². The Morgan fingerprint density at radius 3 is 2.32 bits per heavy atom. The maximum absolute atomic E-state index is 6.11. The number of rotatable bonds is 8. The molecule has 1 aromatic rings. The molecule has 19 heavy (non-hydrogen) atoms. The van der Waals surface area contributed by atoms with Gasteiger partial charge in [-0.15, -0.1) is 0 Å². The molecule has 0 aliphatic heterocycles. The lowest BCUT2D eigenvalue weighted by Gasteiger charge is -2.32. The first-order valence-electron chi connectivity index (χ1n) is 6.73. The third kappa shape index (κ3) is 4.28. The van der Waals surface area contributed by atoms with E-state index in [2.05, 4.69) is 37.7 Å². The van der Waals surface area contributed by atoms with Gasteiger partial charge in [0.25, 0.3) is 0 Å². The van der Waals surface area contributed by atoms with Gasteiger partial charge in [-0.3, -0.25) is 0 Å². The van der Waals surface area contributed by atoms with Crippen molar-refractivity contribution in [1.82, 2.24) is 4.90 Å². The van der Waals surface area contributed by atoms with E-state index < -0.39 is 8.56 Å². The van der Waals surface area contributed by atoms with Crippen molar-refractivity contribution in [2.75, 3.05) is 33.5 Å². The molecule has 0 saturated heterocycles. The van der Waals surface area contributed by atoms with Crippen LogP contribution in [-0.4, -0.2) is 46.9 Å². The molecule has 1 aromatic carbocycles. The summed E-state index contributed by atoms with van der Waals surface area (Å²) in [5.41, 5.74) is 1.10. The summed E-state index contributed by atoms with van der Waals surface area (Å²) in [5, 5.41) is 1.17. The molecule has 0 unspecified atom stereocenters. The summed E-state index contributed by atoms with van der Waals surface area (Å²) in [6.07, 6.45) is 2.67. The van der Waals surface area contributed by atoms with E-state index >= 15 is 0 Å². The Balaban J connectivity index is 3.20. The van der Waals surface area contributed by atoms with Gasteiger partial charge < -0.3 is 13.8 Å². The van der Waals surface area contributed by atoms with Gasteiger partial charge in [0.05, 0.1) is 0 Å². The maximum Gasteiger partial charge on any atom is 0.387 e. The molecule has 3 nitrogen and oxygen atoms in total. The van der Waals surface area contributed by atoms with Crippen molar-refractivity contribution in [3.63, 3.8) is 0 Å². The van der Waals surface area contributed by atoms with Gasteiger partial charge in [-0.25, -0.2) is 0 Å². The lowest BCUT2D eigenvalue weighted by molar-refractivity contribution is 0.183. The van der Waals surface area contributed by atoms with Crippen LogP contribution in [0.1, 0.15) is 19.4 Å². The van der Waals surface area contributed by atoms with E-state index in [0.717, 1.165) is 11.7 Å². The summed E-state index contributed by atoms with van der Waals surface area (Å²) in [5.74, 6) is 0. The average Bonchev–Trinajstić information content (AvgIpc) is 2.38. The Morgan fingerprint density at radius 2 is 1.84 bits per heavy atom. The minimum Gasteiger partial charge on any atom is -0.391 e. The quantitative estimate of drug-likeness (QED) is 0.681. The smallest absolute Gasteiger partial charge is 0.387 e. The zero-order valence-corrected chi connectivity index (χ0v) is 13.5. The molecule has 0 spiro atoms. The van der Waals surface area contributed by atoms with Crippen LogP contribution in [0.2, 0.25) is 0 Å². The lowest BCUT2D eigenvalue weighted by atomic mass is 10.2. The van der Waals surface area contributed by atoms with Crippen molar-refractivity contribution in [3.05, 3.63) is 36.4 Å². The Morgan fingerprint density at radius 1 is 1.21 bits per heavy atom. The predicted molar refractivity (Wildman–Crippen MR) is 83.7 cm³/mol. The number of nitrogens with zero attached hydrogens (tertiary/aromatic N) is 1. The van der Waals surface area contributed by atoms with Crippen LogP contribution in [0, 0.1) is 0 Å². The van der Waals surface area contributed by atoms with Crippen LogP contribution in [0.25, 0.3) is 6.08 Å². The van der Waals surface area contributed by atoms with E-state index in [1.807, 2.05) is 32.1 Å². The first kappa shape index (κ1) is 16.1. The van der Waals surface area contributed by atoms with Crippen LogP contribution in [0.3, 0.4) is 0 Å². The Hall–Kier alpha value is -0.943. The van der Waals surface area contributed by atoms with Crippen molar-refractivity contribution in [2.24, 2.45) is 0 Å². The first-order chi connectivity index (χ1) is 9.07. The second kappa shape index (κ2) is 7.60. The maximum atomic E-state index is 6.11. The van der Waals surface area contributed by atoms with Crippen LogP contribution in [0.15, 0.2) is 30.8 Å². The largest absolute Gasteiger partial charge is 0.391 e. The second-order valence-electron chi connectivity index (χ2n) is 4.69. The molecule has 0 aliphatic carbocycles. The van der Waals surface area contributed by atoms with E-state index in [1.54, 1.807) is 0 Å². The number of hydrogen-bond acceptors (Lipinski definition) is 3. The van der Waals surface area contributed by atoms with Gasteiger partial charge in [0.1, 0.15) is 0 Å². The number of benzene rings is 1. The van der Waals surface area contributed by atoms with Gasteiger partial charge in [-0.1, -0.05) is 36.9 Å². The highest BCUT2D eigenvalue weighted by Crippen LogP contribution is 2.12. The van der Waals surface area contributed by atoms with Gasteiger partial charge in [-0.2, -0.15) is 0 Å². The van der Waals surface area contributed by atoms with E-state index in [0.29, 0.717) is 13.2 Å². The topological polar surface area (TPSA) is 21.7 Å². The van der Waals surface area contributed by atoms with Crippen LogP contribution >= 0.6 is 0 Å². The Kier molecular flexibility index (Phi) is 6.44. The van der Waals surface area contributed by atoms with Gasteiger partial charge in [0, 0.05) is 19.4 Å². The van der Waals surface area contributed by atoms with Gasteiger partial charge >= 0.3 is 8.56 Å². The monoisotopic (exact) mass is 279 g/mol. The molecule has 0 radical (unpaired) electrons. The molecular weight excluding hydrogens is 254 g/mol. The summed E-state index contributed by atoms with van der Waals surface area (Å²) in [4.78, 5) is 2.14. The summed E-state index contributed by atoms with van der Waals surface area (Å²) in [6, 6.07) is 8.33. The van der Waals surface area contributed by atoms with E-state index in [-0.39, 0.29) is 0 Å². The van der Waals surface area contributed by atoms with Crippen LogP contribution < -0.4 is 5.19 Å². The van der Waals surface area contributed by atoms with Gasteiger partial charge in [0.15, 0.2) is 0 Å². The Labute approximate surface area is 118 Å². The van der Waals surface area contributed by atoms with Crippen molar-refractivity contribution >= 4 is 19.8 Å². The fourth-order valence-corrected chi connectivity index (χ4v) is 5.46. The van der Waals surface area contributed by atoms with Gasteiger partial charge in [-0.05, 0) is 38.7 Å². The van der Waals surface area contributed by atoms with E-state index in [4.69, 9.17) is 8.85 Å². The zero-order chi connectivity index (χ0) is 14.3. The number of hydrogen-bond donors (Lipinski definition) is 0. The van der Waals surface area contributed by atoms with Crippen LogP contribution in [0.4, 0.5) is 0 Å². The molecule has 0 N–H and O–H groups in total. The molecular formula is C15H25NO2Si. The molecule has 0 fully saturated rings. The lowest BCUT2D eigenvalue weighted by Crippen LogP contribution is -2.60. The summed E-state index contributed by atoms with van der Waals surface area (Å²) in [6.45, 7) is 9.20. The average molecular weight is 279 g/mol. The molecule has 0 bridgehead atoms. The van der Waals surface area contributed by atoms with Crippen molar-refractivity contribution in [1.29, 1.82) is 0 Å². The van der Waals surface area contributed by atoms with Crippen molar-refractivity contribution in [3.8, 4) is 0 Å². The first-order valence-corrected chi connectivity index (χ1v) is 8.76. The molecule has 4 heteroatoms. The molecule has 106 valence electrons. The summed E-state index contributed by atoms with van der Waals surface area (Å²) in [7, 11) is 1.70. The fraction of sp³-hybridized carbons (Fsp3) is 0.467. The third-order valence-electron chi connectivity index (χ3n) is 2.84. The van der Waals surface area contributed by atoms with Crippen molar-refractivity contribution in [2.45, 2.75) is 13.8 Å². The zero-order valence-electron chi connectivity index (χ0n) is 12.5. The molecule has 0 amide bonds. The minimum atomic E-state index is -2.40. The molecule has 0 atom stereocenters. The summed E-state index contributed by atoms with van der Waals surface area (Å²) < 4.78 is 12.2. The third-order valence-corrected chi connectivity index (χ3v) is 6.59. The fourth-order valence-electron chi connectivity index (χ4n) is 2.18. The van der Waals surface area contributed by atoms with Gasteiger partial charge in [0.2, 0.25) is 0 Å². The summed E-state index contributed by atoms with van der Waals surface area (Å²) >= 11 is 0. The molecule has 0 heterocycles. The minimum absolute atomic E-state index is 0.665. The standard InChI is InChI=1S/C15H25NO2Si/c1-6-14-10-9-11-15(12-14)19(17-7-2,18-8-3)13-16(4)5/h6,9-12H,1,7-8,13H2,2-5H3. The van der Waals surface area contributed by atoms with E-state index in [1.165, 1.54) is 5.19 Å². The molecule has 0 saturated carbocycles. The second-order valence-corrected chi connectivity index (χ2v) is 7.66. The highest BCUT2D eigenvalue weighted by Gasteiger charge is 2.40. The SMILES string of the molecule is C=Cc1cccc([Si](CN(C)C)(OCC)OCC)c1. The predicted octanol–water partition coefficient (Wildman–Crippen LogP) is 2.15. The van der Waals surface area contributed by atoms with Crippen LogP contribution in [0.5, 0.6) is 0 Å². The molecule has 0 aromatic heterocycles.